The van der Waals surface area contributed by atoms with E-state index in [9.17, 15) is 0 Å². The molecule has 1 N–H and O–H groups in total. The van der Waals surface area contributed by atoms with Gasteiger partial charge in [0, 0.05) is 6.20 Å². The second-order valence-electron chi connectivity index (χ2n) is 3.98. The summed E-state index contributed by atoms with van der Waals surface area (Å²) in [7, 11) is 0. The molecule has 1 atom stereocenters. The molecule has 4 nitrogen and oxygen atoms in total. The lowest BCUT2D eigenvalue weighted by molar-refractivity contribution is 0.282. The predicted octanol–water partition coefficient (Wildman–Crippen LogP) is 1.33. The normalized spacial score (nSPS) is 19.3. The van der Waals surface area contributed by atoms with Crippen molar-refractivity contribution < 1.29 is 4.74 Å². The summed E-state index contributed by atoms with van der Waals surface area (Å²) in [6, 6.07) is 3.77. The molecule has 1 unspecified atom stereocenters. The molecule has 1 aliphatic rings. The summed E-state index contributed by atoms with van der Waals surface area (Å²) in [5.74, 6) is 1.30. The number of hydrogen-bond acceptors (Lipinski definition) is 4. The Labute approximate surface area is 95.3 Å². The van der Waals surface area contributed by atoms with Crippen molar-refractivity contribution in [2.24, 2.45) is 5.92 Å². The summed E-state index contributed by atoms with van der Waals surface area (Å²) in [6.45, 7) is 2.86. The number of ether oxygens (including phenoxy) is 1. The van der Waals surface area contributed by atoms with Gasteiger partial charge in [0.15, 0.2) is 5.75 Å². The Kier molecular flexibility index (Phi) is 3.73. The van der Waals surface area contributed by atoms with Crippen molar-refractivity contribution in [3.05, 3.63) is 24.0 Å². The van der Waals surface area contributed by atoms with E-state index in [0.717, 1.165) is 19.5 Å². The second-order valence-corrected chi connectivity index (χ2v) is 3.98. The lowest BCUT2D eigenvalue weighted by Crippen LogP contribution is -2.12. The largest absolute Gasteiger partial charge is 0.491 e. The van der Waals surface area contributed by atoms with Gasteiger partial charge in [0.25, 0.3) is 0 Å². The monoisotopic (exact) mass is 217 g/mol. The first kappa shape index (κ1) is 10.9. The quantitative estimate of drug-likeness (QED) is 0.826. The van der Waals surface area contributed by atoms with Crippen LogP contribution in [0.4, 0.5) is 0 Å². The van der Waals surface area contributed by atoms with Crippen LogP contribution >= 0.6 is 0 Å². The molecule has 2 rings (SSSR count). The molecule has 0 radical (unpaired) electrons. The molecule has 0 amide bonds. The van der Waals surface area contributed by atoms with E-state index < -0.39 is 0 Å². The third-order valence-corrected chi connectivity index (χ3v) is 2.85. The highest BCUT2D eigenvalue weighted by molar-refractivity contribution is 5.40. The highest BCUT2D eigenvalue weighted by Crippen LogP contribution is 2.17. The molecule has 2 heterocycles. The molecule has 0 bridgehead atoms. The van der Waals surface area contributed by atoms with Crippen LogP contribution in [0, 0.1) is 17.2 Å². The van der Waals surface area contributed by atoms with Crippen LogP contribution in [0.15, 0.2) is 18.5 Å². The third kappa shape index (κ3) is 2.71. The van der Waals surface area contributed by atoms with E-state index in [4.69, 9.17) is 10.00 Å². The van der Waals surface area contributed by atoms with Crippen LogP contribution in [0.25, 0.3) is 0 Å². The SMILES string of the molecule is N#Cc1ccncc1OCCC1CCNC1. The van der Waals surface area contributed by atoms with E-state index in [1.165, 1.54) is 6.42 Å². The average Bonchev–Trinajstić information content (AvgIpc) is 2.83. The van der Waals surface area contributed by atoms with Crippen molar-refractivity contribution in [1.82, 2.24) is 10.3 Å². The number of hydrogen-bond donors (Lipinski definition) is 1. The molecular formula is C12H15N3O. The van der Waals surface area contributed by atoms with Gasteiger partial charge in [0.2, 0.25) is 0 Å². The molecule has 0 spiro atoms. The van der Waals surface area contributed by atoms with Crippen LogP contribution in [0.5, 0.6) is 5.75 Å². The van der Waals surface area contributed by atoms with E-state index in [1.54, 1.807) is 18.5 Å². The Bertz CT molecular complexity index is 380. The van der Waals surface area contributed by atoms with Crippen molar-refractivity contribution in [1.29, 1.82) is 5.26 Å². The summed E-state index contributed by atoms with van der Waals surface area (Å²) in [4.78, 5) is 3.96. The minimum absolute atomic E-state index is 0.555. The van der Waals surface area contributed by atoms with E-state index in [1.807, 2.05) is 0 Å². The molecule has 1 aromatic heterocycles. The van der Waals surface area contributed by atoms with Crippen molar-refractivity contribution in [3.8, 4) is 11.8 Å². The number of nitrogens with zero attached hydrogens (tertiary/aromatic N) is 2. The zero-order chi connectivity index (χ0) is 11.2. The molecule has 0 aromatic carbocycles. The fourth-order valence-electron chi connectivity index (χ4n) is 1.88. The lowest BCUT2D eigenvalue weighted by Gasteiger charge is -2.10. The number of nitrogens with one attached hydrogen (secondary N) is 1. The summed E-state index contributed by atoms with van der Waals surface area (Å²) in [5, 5.41) is 12.2. The first-order valence-corrected chi connectivity index (χ1v) is 5.58. The predicted molar refractivity (Wildman–Crippen MR) is 60.0 cm³/mol. The summed E-state index contributed by atoms with van der Waals surface area (Å²) < 4.78 is 5.58. The Morgan fingerprint density at radius 2 is 2.56 bits per heavy atom. The van der Waals surface area contributed by atoms with E-state index >= 15 is 0 Å². The van der Waals surface area contributed by atoms with Crippen LogP contribution in [-0.4, -0.2) is 24.7 Å². The van der Waals surface area contributed by atoms with Gasteiger partial charge in [0.1, 0.15) is 6.07 Å². The Morgan fingerprint density at radius 3 is 3.31 bits per heavy atom. The minimum atomic E-state index is 0.555. The van der Waals surface area contributed by atoms with Crippen LogP contribution < -0.4 is 10.1 Å². The molecule has 0 aliphatic carbocycles. The number of pyridine rings is 1. The average molecular weight is 217 g/mol. The van der Waals surface area contributed by atoms with Gasteiger partial charge in [-0.25, -0.2) is 0 Å². The Hall–Kier alpha value is -1.60. The van der Waals surface area contributed by atoms with Crippen LogP contribution in [0.3, 0.4) is 0 Å². The van der Waals surface area contributed by atoms with E-state index in [2.05, 4.69) is 16.4 Å². The standard InChI is InChI=1S/C12H15N3O/c13-7-11-2-5-15-9-12(11)16-6-3-10-1-4-14-8-10/h2,5,9-10,14H,1,3-4,6,8H2. The second kappa shape index (κ2) is 5.47. The number of nitriles is 1. The summed E-state index contributed by atoms with van der Waals surface area (Å²) in [5.41, 5.74) is 0.555. The third-order valence-electron chi connectivity index (χ3n) is 2.85. The lowest BCUT2D eigenvalue weighted by atomic mass is 10.1. The van der Waals surface area contributed by atoms with Crippen LogP contribution in [0.1, 0.15) is 18.4 Å². The summed E-state index contributed by atoms with van der Waals surface area (Å²) >= 11 is 0. The van der Waals surface area contributed by atoms with Crippen molar-refractivity contribution in [2.75, 3.05) is 19.7 Å². The summed E-state index contributed by atoms with van der Waals surface area (Å²) in [6.07, 6.45) is 5.46. The fraction of sp³-hybridized carbons (Fsp3) is 0.500. The van der Waals surface area contributed by atoms with Gasteiger partial charge in [-0.2, -0.15) is 5.26 Å². The number of aromatic nitrogens is 1. The van der Waals surface area contributed by atoms with Gasteiger partial charge in [0.05, 0.1) is 18.4 Å². The first-order valence-electron chi connectivity index (χ1n) is 5.58. The van der Waals surface area contributed by atoms with Gasteiger partial charge in [-0.05, 0) is 37.9 Å². The van der Waals surface area contributed by atoms with E-state index in [-0.39, 0.29) is 0 Å². The molecule has 4 heteroatoms. The smallest absolute Gasteiger partial charge is 0.155 e. The molecular weight excluding hydrogens is 202 g/mol. The Balaban J connectivity index is 1.82. The van der Waals surface area contributed by atoms with Gasteiger partial charge < -0.3 is 10.1 Å². The zero-order valence-corrected chi connectivity index (χ0v) is 9.15. The molecule has 1 saturated heterocycles. The van der Waals surface area contributed by atoms with Gasteiger partial charge in [-0.1, -0.05) is 0 Å². The topological polar surface area (TPSA) is 57.9 Å². The maximum absolute atomic E-state index is 8.86. The van der Waals surface area contributed by atoms with Gasteiger partial charge in [-0.15, -0.1) is 0 Å². The zero-order valence-electron chi connectivity index (χ0n) is 9.15. The maximum Gasteiger partial charge on any atom is 0.155 e. The first-order chi connectivity index (χ1) is 7.90. The molecule has 84 valence electrons. The van der Waals surface area contributed by atoms with Crippen LogP contribution in [-0.2, 0) is 0 Å². The van der Waals surface area contributed by atoms with Crippen molar-refractivity contribution in [3.63, 3.8) is 0 Å². The molecule has 1 aromatic rings. The van der Waals surface area contributed by atoms with Crippen molar-refractivity contribution >= 4 is 0 Å². The van der Waals surface area contributed by atoms with Crippen molar-refractivity contribution in [2.45, 2.75) is 12.8 Å². The highest BCUT2D eigenvalue weighted by Gasteiger charge is 2.14. The van der Waals surface area contributed by atoms with Gasteiger partial charge in [-0.3, -0.25) is 4.98 Å². The minimum Gasteiger partial charge on any atom is -0.491 e. The molecule has 0 saturated carbocycles. The van der Waals surface area contributed by atoms with Crippen LogP contribution in [0.2, 0.25) is 0 Å². The number of rotatable bonds is 4. The highest BCUT2D eigenvalue weighted by atomic mass is 16.5. The fourth-order valence-corrected chi connectivity index (χ4v) is 1.88. The van der Waals surface area contributed by atoms with E-state index in [0.29, 0.717) is 23.8 Å². The van der Waals surface area contributed by atoms with Gasteiger partial charge >= 0.3 is 0 Å². The molecule has 1 fully saturated rings. The molecule has 1 aliphatic heterocycles. The maximum atomic E-state index is 8.86. The Morgan fingerprint density at radius 1 is 1.62 bits per heavy atom. The molecule has 16 heavy (non-hydrogen) atoms.